The van der Waals surface area contributed by atoms with Gasteiger partial charge in [-0.3, -0.25) is 0 Å². The van der Waals surface area contributed by atoms with E-state index in [1.54, 1.807) is 0 Å². The van der Waals surface area contributed by atoms with Crippen molar-refractivity contribution in [2.75, 3.05) is 18.1 Å². The molecule has 1 aromatic carbocycles. The van der Waals surface area contributed by atoms with Gasteiger partial charge in [-0.2, -0.15) is 0 Å². The second kappa shape index (κ2) is 4.67. The summed E-state index contributed by atoms with van der Waals surface area (Å²) in [7, 11) is 0. The van der Waals surface area contributed by atoms with Gasteiger partial charge >= 0.3 is 0 Å². The van der Waals surface area contributed by atoms with E-state index in [0.29, 0.717) is 0 Å². The van der Waals surface area contributed by atoms with Gasteiger partial charge in [0.1, 0.15) is 0 Å². The zero-order chi connectivity index (χ0) is 7.52. The fourth-order valence-corrected chi connectivity index (χ4v) is 1.36. The molecule has 1 aliphatic heterocycles. The van der Waals surface area contributed by atoms with Crippen LogP contribution in [0.25, 0.3) is 0 Å². The van der Waals surface area contributed by atoms with Crippen LogP contribution in [0.4, 0.5) is 5.69 Å². The second-order valence-corrected chi connectivity index (χ2v) is 2.75. The molecule has 2 rings (SSSR count). The first kappa shape index (κ1) is 9.80. The van der Waals surface area contributed by atoms with Crippen molar-refractivity contribution in [1.82, 2.24) is 5.43 Å². The van der Waals surface area contributed by atoms with E-state index >= 15 is 0 Å². The number of hydrazine groups is 1. The van der Waals surface area contributed by atoms with Crippen LogP contribution in [-0.4, -0.2) is 13.1 Å². The van der Waals surface area contributed by atoms with Gasteiger partial charge in [0, 0.05) is 13.1 Å². The highest BCUT2D eigenvalue weighted by molar-refractivity contribution is 14.0. The van der Waals surface area contributed by atoms with Gasteiger partial charge in [0.2, 0.25) is 0 Å². The molecule has 1 fully saturated rings. The standard InChI is InChI=1S/C9H12N2.HI/c1-2-5-9(6-3-1)11-8-4-7-10-11;/h1-3,5-6,10H,4,7-8H2;1H. The fourth-order valence-electron chi connectivity index (χ4n) is 1.36. The molecule has 1 N–H and O–H groups in total. The molecule has 0 unspecified atom stereocenters. The predicted molar refractivity (Wildman–Crippen MR) is 61.8 cm³/mol. The van der Waals surface area contributed by atoms with Gasteiger partial charge in [-0.05, 0) is 18.6 Å². The molecule has 0 spiro atoms. The maximum absolute atomic E-state index is 3.31. The summed E-state index contributed by atoms with van der Waals surface area (Å²) in [6.07, 6.45) is 1.24. The molecule has 0 saturated carbocycles. The lowest BCUT2D eigenvalue weighted by molar-refractivity contribution is 0.787. The van der Waals surface area contributed by atoms with Crippen molar-refractivity contribution in [3.05, 3.63) is 30.3 Å². The smallest absolute Gasteiger partial charge is 0.0519 e. The average Bonchev–Trinajstić information content (AvgIpc) is 2.58. The number of para-hydroxylation sites is 1. The van der Waals surface area contributed by atoms with Crippen molar-refractivity contribution in [2.24, 2.45) is 0 Å². The van der Waals surface area contributed by atoms with E-state index in [4.69, 9.17) is 0 Å². The van der Waals surface area contributed by atoms with Crippen LogP contribution in [-0.2, 0) is 0 Å². The fraction of sp³-hybridized carbons (Fsp3) is 0.333. The minimum Gasteiger partial charge on any atom is -0.308 e. The third-order valence-electron chi connectivity index (χ3n) is 1.93. The molecule has 0 aromatic heterocycles. The molecule has 1 saturated heterocycles. The topological polar surface area (TPSA) is 15.3 Å². The minimum atomic E-state index is 0. The molecule has 1 aromatic rings. The van der Waals surface area contributed by atoms with Gasteiger partial charge in [-0.1, -0.05) is 18.2 Å². The van der Waals surface area contributed by atoms with E-state index < -0.39 is 0 Å². The Morgan fingerprint density at radius 2 is 1.92 bits per heavy atom. The molecular formula is C9H13IN2. The lowest BCUT2D eigenvalue weighted by atomic mass is 10.3. The SMILES string of the molecule is I.c1ccc(N2CCCN2)cc1. The molecule has 0 aliphatic carbocycles. The van der Waals surface area contributed by atoms with Crippen LogP contribution >= 0.6 is 24.0 Å². The molecular weight excluding hydrogens is 263 g/mol. The van der Waals surface area contributed by atoms with Crippen LogP contribution in [0.5, 0.6) is 0 Å². The Labute approximate surface area is 89.9 Å². The van der Waals surface area contributed by atoms with Gasteiger partial charge in [-0.15, -0.1) is 24.0 Å². The molecule has 0 bridgehead atoms. The van der Waals surface area contributed by atoms with Crippen molar-refractivity contribution >= 4 is 29.7 Å². The summed E-state index contributed by atoms with van der Waals surface area (Å²) in [5.41, 5.74) is 4.57. The highest BCUT2D eigenvalue weighted by Gasteiger charge is 2.09. The van der Waals surface area contributed by atoms with Crippen LogP contribution in [0.2, 0.25) is 0 Å². The molecule has 3 heteroatoms. The minimum absolute atomic E-state index is 0. The number of anilines is 1. The summed E-state index contributed by atoms with van der Waals surface area (Å²) in [5, 5.41) is 2.19. The number of nitrogens with one attached hydrogen (secondary N) is 1. The zero-order valence-corrected chi connectivity index (χ0v) is 9.19. The first-order valence-corrected chi connectivity index (χ1v) is 4.03. The average molecular weight is 276 g/mol. The van der Waals surface area contributed by atoms with E-state index in [2.05, 4.69) is 34.7 Å². The molecule has 66 valence electrons. The van der Waals surface area contributed by atoms with Crippen LogP contribution in [0, 0.1) is 0 Å². The summed E-state index contributed by atoms with van der Waals surface area (Å²) in [6.45, 7) is 2.24. The van der Waals surface area contributed by atoms with Crippen LogP contribution in [0.3, 0.4) is 0 Å². The normalized spacial score (nSPS) is 15.8. The third kappa shape index (κ3) is 2.10. The molecule has 0 atom stereocenters. The van der Waals surface area contributed by atoms with Gasteiger partial charge < -0.3 is 5.01 Å². The monoisotopic (exact) mass is 276 g/mol. The first-order valence-electron chi connectivity index (χ1n) is 4.03. The van der Waals surface area contributed by atoms with Crippen molar-refractivity contribution in [3.63, 3.8) is 0 Å². The highest BCUT2D eigenvalue weighted by Crippen LogP contribution is 2.13. The van der Waals surface area contributed by atoms with Crippen molar-refractivity contribution < 1.29 is 0 Å². The van der Waals surface area contributed by atoms with Gasteiger partial charge in [0.15, 0.2) is 0 Å². The lowest BCUT2D eigenvalue weighted by Gasteiger charge is -2.16. The summed E-state index contributed by atoms with van der Waals surface area (Å²) >= 11 is 0. The predicted octanol–water partition coefficient (Wildman–Crippen LogP) is 2.02. The number of nitrogens with zero attached hydrogens (tertiary/aromatic N) is 1. The van der Waals surface area contributed by atoms with Crippen molar-refractivity contribution in [2.45, 2.75) is 6.42 Å². The molecule has 1 aliphatic rings. The Kier molecular flexibility index (Phi) is 3.81. The first-order chi connectivity index (χ1) is 5.47. The summed E-state index contributed by atoms with van der Waals surface area (Å²) in [4.78, 5) is 0. The van der Waals surface area contributed by atoms with E-state index in [0.717, 1.165) is 13.1 Å². The Balaban J connectivity index is 0.000000720. The number of hydrogen-bond donors (Lipinski definition) is 1. The second-order valence-electron chi connectivity index (χ2n) is 2.75. The maximum atomic E-state index is 3.31. The zero-order valence-electron chi connectivity index (χ0n) is 6.86. The quantitative estimate of drug-likeness (QED) is 0.789. The van der Waals surface area contributed by atoms with Crippen LogP contribution in [0.15, 0.2) is 30.3 Å². The molecule has 1 heterocycles. The highest BCUT2D eigenvalue weighted by atomic mass is 127. The van der Waals surface area contributed by atoms with Gasteiger partial charge in [-0.25, -0.2) is 5.43 Å². The number of benzene rings is 1. The molecule has 12 heavy (non-hydrogen) atoms. The number of hydrogen-bond acceptors (Lipinski definition) is 2. The van der Waals surface area contributed by atoms with Crippen molar-refractivity contribution in [3.8, 4) is 0 Å². The van der Waals surface area contributed by atoms with E-state index in [1.807, 2.05) is 6.07 Å². The van der Waals surface area contributed by atoms with E-state index in [-0.39, 0.29) is 24.0 Å². The summed E-state index contributed by atoms with van der Waals surface area (Å²) in [6, 6.07) is 10.4. The molecule has 0 radical (unpaired) electrons. The van der Waals surface area contributed by atoms with Crippen molar-refractivity contribution in [1.29, 1.82) is 0 Å². The summed E-state index contributed by atoms with van der Waals surface area (Å²) in [5.74, 6) is 0. The van der Waals surface area contributed by atoms with E-state index in [9.17, 15) is 0 Å². The number of halogens is 1. The number of rotatable bonds is 1. The van der Waals surface area contributed by atoms with Gasteiger partial charge in [0.05, 0.1) is 5.69 Å². The third-order valence-corrected chi connectivity index (χ3v) is 1.93. The molecule has 2 nitrogen and oxygen atoms in total. The summed E-state index contributed by atoms with van der Waals surface area (Å²) < 4.78 is 0. The molecule has 0 amide bonds. The largest absolute Gasteiger partial charge is 0.308 e. The Morgan fingerprint density at radius 3 is 2.50 bits per heavy atom. The maximum Gasteiger partial charge on any atom is 0.0519 e. The van der Waals surface area contributed by atoms with Gasteiger partial charge in [0.25, 0.3) is 0 Å². The Bertz CT molecular complexity index is 219. The van der Waals surface area contributed by atoms with E-state index in [1.165, 1.54) is 12.1 Å². The lowest BCUT2D eigenvalue weighted by Crippen LogP contribution is -2.30. The Morgan fingerprint density at radius 1 is 1.17 bits per heavy atom. The van der Waals surface area contributed by atoms with Crippen LogP contribution < -0.4 is 10.4 Å². The van der Waals surface area contributed by atoms with Crippen LogP contribution in [0.1, 0.15) is 6.42 Å². The Hall–Kier alpha value is -0.290.